The molecule has 1 aromatic rings. The van der Waals surface area contributed by atoms with Crippen molar-refractivity contribution in [2.75, 3.05) is 18.5 Å². The Kier molecular flexibility index (Phi) is 3.99. The molecule has 19 heavy (non-hydrogen) atoms. The highest BCUT2D eigenvalue weighted by molar-refractivity contribution is 5.48. The van der Waals surface area contributed by atoms with E-state index in [-0.39, 0.29) is 17.6 Å². The minimum Gasteiger partial charge on any atom is -0.381 e. The van der Waals surface area contributed by atoms with Crippen molar-refractivity contribution in [3.05, 3.63) is 29.6 Å². The monoisotopic (exact) mass is 277 g/mol. The molecule has 1 fully saturated rings. The normalized spacial score (nSPS) is 21.4. The molecule has 0 aromatic heterocycles. The van der Waals surface area contributed by atoms with Gasteiger partial charge in [0.05, 0.1) is 17.9 Å². The van der Waals surface area contributed by atoms with Gasteiger partial charge in [-0.05, 0) is 31.5 Å². The standard InChI is InChI=1S/C13H15F4NO/c1-8(9-4-5-19-7-9)18-12-6-10(13(15,16)17)2-3-11(12)14/h2-3,6,8-9,18H,4-5,7H2,1H3. The van der Waals surface area contributed by atoms with Gasteiger partial charge in [0.2, 0.25) is 0 Å². The summed E-state index contributed by atoms with van der Waals surface area (Å²) in [5.41, 5.74) is -0.972. The summed E-state index contributed by atoms with van der Waals surface area (Å²) in [6.45, 7) is 3.01. The van der Waals surface area contributed by atoms with E-state index >= 15 is 0 Å². The minimum atomic E-state index is -4.47. The summed E-state index contributed by atoms with van der Waals surface area (Å²) < 4.78 is 56.5. The second-order valence-corrected chi connectivity index (χ2v) is 4.75. The van der Waals surface area contributed by atoms with Crippen LogP contribution < -0.4 is 5.32 Å². The first-order chi connectivity index (χ1) is 8.88. The third kappa shape index (κ3) is 3.37. The fraction of sp³-hybridized carbons (Fsp3) is 0.538. The summed E-state index contributed by atoms with van der Waals surface area (Å²) in [5, 5.41) is 2.81. The van der Waals surface area contributed by atoms with Gasteiger partial charge in [-0.25, -0.2) is 4.39 Å². The fourth-order valence-corrected chi connectivity index (χ4v) is 2.12. The molecule has 0 bridgehead atoms. The minimum absolute atomic E-state index is 0.116. The molecule has 0 aliphatic carbocycles. The molecule has 1 heterocycles. The highest BCUT2D eigenvalue weighted by Crippen LogP contribution is 2.32. The summed E-state index contributed by atoms with van der Waals surface area (Å²) in [6.07, 6.45) is -3.64. The number of nitrogens with one attached hydrogen (secondary N) is 1. The second kappa shape index (κ2) is 5.36. The van der Waals surface area contributed by atoms with Gasteiger partial charge in [-0.15, -0.1) is 0 Å². The molecule has 0 radical (unpaired) electrons. The SMILES string of the molecule is CC(Nc1cc(C(F)(F)F)ccc1F)C1CCOC1. The van der Waals surface area contributed by atoms with Crippen molar-refractivity contribution in [1.82, 2.24) is 0 Å². The van der Waals surface area contributed by atoms with Crippen molar-refractivity contribution >= 4 is 5.69 Å². The van der Waals surface area contributed by atoms with E-state index in [1.54, 1.807) is 0 Å². The summed E-state index contributed by atoms with van der Waals surface area (Å²) in [7, 11) is 0. The third-order valence-corrected chi connectivity index (χ3v) is 3.35. The molecule has 2 atom stereocenters. The number of anilines is 1. The van der Waals surface area contributed by atoms with Gasteiger partial charge in [-0.2, -0.15) is 13.2 Å². The quantitative estimate of drug-likeness (QED) is 0.851. The molecule has 1 aliphatic rings. The average Bonchev–Trinajstić information content (AvgIpc) is 2.84. The lowest BCUT2D eigenvalue weighted by atomic mass is 10.0. The predicted molar refractivity (Wildman–Crippen MR) is 63.4 cm³/mol. The molecule has 1 saturated heterocycles. The maximum Gasteiger partial charge on any atom is 0.416 e. The van der Waals surface area contributed by atoms with Gasteiger partial charge in [0.25, 0.3) is 0 Å². The third-order valence-electron chi connectivity index (χ3n) is 3.35. The van der Waals surface area contributed by atoms with Crippen molar-refractivity contribution in [2.24, 2.45) is 5.92 Å². The van der Waals surface area contributed by atoms with E-state index in [0.29, 0.717) is 13.2 Å². The Hall–Kier alpha value is -1.30. The lowest BCUT2D eigenvalue weighted by Crippen LogP contribution is -2.26. The smallest absolute Gasteiger partial charge is 0.381 e. The van der Waals surface area contributed by atoms with E-state index in [2.05, 4.69) is 5.32 Å². The molecule has 2 unspecified atom stereocenters. The molecule has 1 N–H and O–H groups in total. The first kappa shape index (κ1) is 14.1. The molecule has 2 nitrogen and oxygen atoms in total. The highest BCUT2D eigenvalue weighted by Gasteiger charge is 2.31. The van der Waals surface area contributed by atoms with Crippen LogP contribution in [0.2, 0.25) is 0 Å². The Labute approximate surface area is 108 Å². The van der Waals surface area contributed by atoms with Crippen LogP contribution in [0.25, 0.3) is 0 Å². The van der Waals surface area contributed by atoms with Crippen LogP contribution in [0.15, 0.2) is 18.2 Å². The zero-order valence-corrected chi connectivity index (χ0v) is 10.4. The van der Waals surface area contributed by atoms with E-state index in [1.807, 2.05) is 6.92 Å². The van der Waals surface area contributed by atoms with Crippen LogP contribution >= 0.6 is 0 Å². The summed E-state index contributed by atoms with van der Waals surface area (Å²) in [5.74, 6) is -0.493. The van der Waals surface area contributed by atoms with Crippen LogP contribution in [0.1, 0.15) is 18.9 Å². The summed E-state index contributed by atoms with van der Waals surface area (Å²) in [6, 6.07) is 2.25. The van der Waals surface area contributed by atoms with Crippen LogP contribution in [0.3, 0.4) is 0 Å². The van der Waals surface area contributed by atoms with Crippen LogP contribution in [0.5, 0.6) is 0 Å². The Morgan fingerprint density at radius 2 is 2.11 bits per heavy atom. The zero-order chi connectivity index (χ0) is 14.0. The molecule has 0 saturated carbocycles. The van der Waals surface area contributed by atoms with Crippen LogP contribution in [-0.2, 0) is 10.9 Å². The van der Waals surface area contributed by atoms with Crippen molar-refractivity contribution < 1.29 is 22.3 Å². The number of halogens is 4. The maximum atomic E-state index is 13.5. The Balaban J connectivity index is 2.14. The average molecular weight is 277 g/mol. The number of hydrogen-bond acceptors (Lipinski definition) is 2. The molecule has 1 aliphatic heterocycles. The topological polar surface area (TPSA) is 21.3 Å². The lowest BCUT2D eigenvalue weighted by Gasteiger charge is -2.21. The van der Waals surface area contributed by atoms with Gasteiger partial charge in [0.15, 0.2) is 0 Å². The number of ether oxygens (including phenoxy) is 1. The molecule has 106 valence electrons. The van der Waals surface area contributed by atoms with Crippen molar-refractivity contribution in [2.45, 2.75) is 25.6 Å². The number of rotatable bonds is 3. The number of benzene rings is 1. The first-order valence-electron chi connectivity index (χ1n) is 6.09. The van der Waals surface area contributed by atoms with Gasteiger partial charge >= 0.3 is 6.18 Å². The van der Waals surface area contributed by atoms with E-state index in [0.717, 1.165) is 24.6 Å². The zero-order valence-electron chi connectivity index (χ0n) is 10.4. The summed E-state index contributed by atoms with van der Waals surface area (Å²) in [4.78, 5) is 0. The second-order valence-electron chi connectivity index (χ2n) is 4.75. The van der Waals surface area contributed by atoms with Crippen molar-refractivity contribution in [3.8, 4) is 0 Å². The van der Waals surface area contributed by atoms with Crippen molar-refractivity contribution in [1.29, 1.82) is 0 Å². The van der Waals surface area contributed by atoms with Gasteiger partial charge < -0.3 is 10.1 Å². The van der Waals surface area contributed by atoms with Crippen LogP contribution in [-0.4, -0.2) is 19.3 Å². The molecule has 0 spiro atoms. The Morgan fingerprint density at radius 3 is 2.68 bits per heavy atom. The maximum absolute atomic E-state index is 13.5. The van der Waals surface area contributed by atoms with E-state index in [4.69, 9.17) is 4.74 Å². The molecular formula is C13H15F4NO. The highest BCUT2D eigenvalue weighted by atomic mass is 19.4. The number of alkyl halides is 3. The lowest BCUT2D eigenvalue weighted by molar-refractivity contribution is -0.137. The molecular weight excluding hydrogens is 262 g/mol. The van der Waals surface area contributed by atoms with Gasteiger partial charge in [-0.3, -0.25) is 0 Å². The van der Waals surface area contributed by atoms with Gasteiger partial charge in [0, 0.05) is 18.6 Å². The molecule has 2 rings (SSSR count). The summed E-state index contributed by atoms with van der Waals surface area (Å²) >= 11 is 0. The number of hydrogen-bond donors (Lipinski definition) is 1. The van der Waals surface area contributed by atoms with Crippen LogP contribution in [0.4, 0.5) is 23.2 Å². The largest absolute Gasteiger partial charge is 0.416 e. The fourth-order valence-electron chi connectivity index (χ4n) is 2.12. The predicted octanol–water partition coefficient (Wildman–Crippen LogP) is 3.68. The van der Waals surface area contributed by atoms with E-state index in [1.165, 1.54) is 0 Å². The van der Waals surface area contributed by atoms with Crippen LogP contribution in [0, 0.1) is 11.7 Å². The Bertz CT molecular complexity index is 441. The molecule has 1 aromatic carbocycles. The van der Waals surface area contributed by atoms with E-state index < -0.39 is 17.6 Å². The van der Waals surface area contributed by atoms with Crippen molar-refractivity contribution in [3.63, 3.8) is 0 Å². The Morgan fingerprint density at radius 1 is 1.37 bits per heavy atom. The first-order valence-corrected chi connectivity index (χ1v) is 6.09. The molecule has 0 amide bonds. The van der Waals surface area contributed by atoms with Gasteiger partial charge in [0.1, 0.15) is 5.82 Å². The van der Waals surface area contributed by atoms with Gasteiger partial charge in [-0.1, -0.05) is 0 Å². The molecule has 6 heteroatoms. The van der Waals surface area contributed by atoms with E-state index in [9.17, 15) is 17.6 Å².